The molecule has 1 aliphatic heterocycles. The van der Waals surface area contributed by atoms with E-state index in [4.69, 9.17) is 10.3 Å². The van der Waals surface area contributed by atoms with Gasteiger partial charge in [0.1, 0.15) is 5.82 Å². The van der Waals surface area contributed by atoms with Crippen LogP contribution in [-0.4, -0.2) is 59.2 Å². The lowest BCUT2D eigenvalue weighted by Crippen LogP contribution is -2.42. The average Bonchev–Trinajstić information content (AvgIpc) is 3.16. The maximum atomic E-state index is 11.0. The molecule has 3 heterocycles. The Balaban J connectivity index is 1.55. The van der Waals surface area contributed by atoms with Gasteiger partial charge >= 0.3 is 0 Å². The lowest BCUT2D eigenvalue weighted by molar-refractivity contribution is 0.0987. The molecule has 0 atom stereocenters. The van der Waals surface area contributed by atoms with E-state index in [9.17, 15) is 4.79 Å². The molecule has 0 spiro atoms. The van der Waals surface area contributed by atoms with Gasteiger partial charge < -0.3 is 25.4 Å². The van der Waals surface area contributed by atoms with E-state index in [1.165, 1.54) is 0 Å². The molecule has 0 radical (unpaired) electrons. The largest absolute Gasteiger partial charge is 0.363 e. The Kier molecular flexibility index (Phi) is 5.84. The van der Waals surface area contributed by atoms with Gasteiger partial charge in [0.25, 0.3) is 11.7 Å². The topological polar surface area (TPSA) is 126 Å². The highest BCUT2D eigenvalue weighted by Crippen LogP contribution is 2.21. The Morgan fingerprint density at radius 1 is 1.33 bits per heavy atom. The number of nitrogens with one attached hydrogen (secondary N) is 1. The van der Waals surface area contributed by atoms with Crippen LogP contribution in [0.25, 0.3) is 0 Å². The number of amides is 1. The number of nitrogens with zero attached hydrogens (tertiary/aromatic N) is 6. The molecule has 0 saturated carbocycles. The van der Waals surface area contributed by atoms with Gasteiger partial charge in [-0.1, -0.05) is 12.1 Å². The van der Waals surface area contributed by atoms with E-state index in [1.54, 1.807) is 0 Å². The van der Waals surface area contributed by atoms with Crippen LogP contribution in [0.15, 0.2) is 10.6 Å². The third kappa shape index (κ3) is 4.70. The zero-order valence-electron chi connectivity index (χ0n) is 16.0. The minimum atomic E-state index is -0.688. The first-order chi connectivity index (χ1) is 13.0. The van der Waals surface area contributed by atoms with Crippen molar-refractivity contribution in [1.82, 2.24) is 25.4 Å². The van der Waals surface area contributed by atoms with Gasteiger partial charge in [-0.25, -0.2) is 4.98 Å². The van der Waals surface area contributed by atoms with Crippen LogP contribution in [0.3, 0.4) is 0 Å². The number of aryl methyl sites for hydroxylation is 1. The van der Waals surface area contributed by atoms with Gasteiger partial charge in [-0.05, 0) is 19.3 Å². The molecule has 1 fully saturated rings. The van der Waals surface area contributed by atoms with Crippen molar-refractivity contribution in [1.29, 1.82) is 0 Å². The molecule has 2 aromatic heterocycles. The van der Waals surface area contributed by atoms with Crippen LogP contribution < -0.4 is 20.9 Å². The van der Waals surface area contributed by atoms with Crippen LogP contribution in [0.1, 0.15) is 42.0 Å². The fourth-order valence-corrected chi connectivity index (χ4v) is 2.98. The molecule has 2 aromatic rings. The van der Waals surface area contributed by atoms with Crippen LogP contribution in [-0.2, 0) is 13.0 Å². The Morgan fingerprint density at radius 3 is 2.67 bits per heavy atom. The van der Waals surface area contributed by atoms with E-state index < -0.39 is 5.91 Å². The molecule has 1 aliphatic rings. The molecule has 10 heteroatoms. The van der Waals surface area contributed by atoms with Crippen molar-refractivity contribution in [2.45, 2.75) is 38.8 Å². The SMILES string of the molecule is CCc1cc(N2CCC(NCc3nc(C(N)=O)no3)CC2)nc(N(C)C)n1. The minimum absolute atomic E-state index is 0.0891. The molecule has 1 amide bonds. The molecular weight excluding hydrogens is 348 g/mol. The summed E-state index contributed by atoms with van der Waals surface area (Å²) >= 11 is 0. The molecule has 27 heavy (non-hydrogen) atoms. The number of rotatable bonds is 7. The molecule has 0 aliphatic carbocycles. The number of anilines is 2. The Morgan fingerprint density at radius 2 is 2.07 bits per heavy atom. The summed E-state index contributed by atoms with van der Waals surface area (Å²) in [6.07, 6.45) is 2.82. The highest BCUT2D eigenvalue weighted by molar-refractivity contribution is 5.88. The Bertz CT molecular complexity index is 783. The summed E-state index contributed by atoms with van der Waals surface area (Å²) in [5, 5.41) is 6.94. The van der Waals surface area contributed by atoms with Gasteiger partial charge in [0.05, 0.1) is 6.54 Å². The smallest absolute Gasteiger partial charge is 0.290 e. The molecular formula is C17H26N8O2. The standard InChI is InChI=1S/C17H26N8O2/c1-4-11-9-13(21-17(20-11)24(2)3)25-7-5-12(6-8-25)19-10-14-22-16(15(18)26)23-27-14/h9,12,19H,4-8,10H2,1-3H3,(H2,18,26). The zero-order chi connectivity index (χ0) is 19.4. The van der Waals surface area contributed by atoms with Gasteiger partial charge in [-0.3, -0.25) is 4.79 Å². The highest BCUT2D eigenvalue weighted by atomic mass is 16.5. The summed E-state index contributed by atoms with van der Waals surface area (Å²) in [5.74, 6) is 1.31. The first-order valence-electron chi connectivity index (χ1n) is 9.12. The number of primary amides is 1. The number of hydrogen-bond donors (Lipinski definition) is 2. The fraction of sp³-hybridized carbons (Fsp3) is 0.588. The predicted octanol–water partition coefficient (Wildman–Crippen LogP) is 0.346. The quantitative estimate of drug-likeness (QED) is 0.705. The number of piperidine rings is 1. The van der Waals surface area contributed by atoms with E-state index in [0.29, 0.717) is 18.5 Å². The average molecular weight is 374 g/mol. The maximum absolute atomic E-state index is 11.0. The van der Waals surface area contributed by atoms with Crippen molar-refractivity contribution in [3.8, 4) is 0 Å². The zero-order valence-corrected chi connectivity index (χ0v) is 16.0. The van der Waals surface area contributed by atoms with Gasteiger partial charge in [-0.15, -0.1) is 0 Å². The van der Waals surface area contributed by atoms with Gasteiger partial charge in [0.2, 0.25) is 11.8 Å². The van der Waals surface area contributed by atoms with Crippen molar-refractivity contribution in [2.24, 2.45) is 5.73 Å². The second kappa shape index (κ2) is 8.30. The summed E-state index contributed by atoms with van der Waals surface area (Å²) in [5.41, 5.74) is 6.17. The number of hydrogen-bond acceptors (Lipinski definition) is 9. The summed E-state index contributed by atoms with van der Waals surface area (Å²) in [7, 11) is 3.91. The van der Waals surface area contributed by atoms with Crippen LogP contribution in [0.2, 0.25) is 0 Å². The third-order valence-electron chi connectivity index (χ3n) is 4.57. The van der Waals surface area contributed by atoms with Crippen LogP contribution in [0.5, 0.6) is 0 Å². The first-order valence-corrected chi connectivity index (χ1v) is 9.12. The van der Waals surface area contributed by atoms with Crippen molar-refractivity contribution in [3.63, 3.8) is 0 Å². The van der Waals surface area contributed by atoms with E-state index in [2.05, 4.69) is 43.3 Å². The van der Waals surface area contributed by atoms with E-state index in [-0.39, 0.29) is 5.82 Å². The summed E-state index contributed by atoms with van der Waals surface area (Å²) < 4.78 is 5.01. The first kappa shape index (κ1) is 19.0. The molecule has 0 bridgehead atoms. The minimum Gasteiger partial charge on any atom is -0.363 e. The second-order valence-corrected chi connectivity index (χ2v) is 6.78. The number of aromatic nitrogens is 4. The Hall–Kier alpha value is -2.75. The molecule has 0 aromatic carbocycles. The van der Waals surface area contributed by atoms with Crippen LogP contribution >= 0.6 is 0 Å². The molecule has 3 rings (SSSR count). The molecule has 10 nitrogen and oxygen atoms in total. The summed E-state index contributed by atoms with van der Waals surface area (Å²) in [6, 6.07) is 2.41. The number of carbonyl (C=O) groups excluding carboxylic acids is 1. The fourth-order valence-electron chi connectivity index (χ4n) is 2.98. The van der Waals surface area contributed by atoms with E-state index in [0.717, 1.165) is 49.8 Å². The predicted molar refractivity (Wildman–Crippen MR) is 101 cm³/mol. The lowest BCUT2D eigenvalue weighted by Gasteiger charge is -2.33. The van der Waals surface area contributed by atoms with Crippen LogP contribution in [0, 0.1) is 0 Å². The normalized spacial score (nSPS) is 15.1. The Labute approximate surface area is 158 Å². The van der Waals surface area contributed by atoms with Crippen molar-refractivity contribution < 1.29 is 9.32 Å². The van der Waals surface area contributed by atoms with Gasteiger partial charge in [-0.2, -0.15) is 9.97 Å². The third-order valence-corrected chi connectivity index (χ3v) is 4.57. The molecule has 0 unspecified atom stereocenters. The summed E-state index contributed by atoms with van der Waals surface area (Å²) in [6.45, 7) is 4.33. The van der Waals surface area contributed by atoms with E-state index in [1.807, 2.05) is 19.0 Å². The van der Waals surface area contributed by atoms with Gasteiger partial charge in [0, 0.05) is 45.0 Å². The van der Waals surface area contributed by atoms with Crippen LogP contribution in [0.4, 0.5) is 11.8 Å². The summed E-state index contributed by atoms with van der Waals surface area (Å²) in [4.78, 5) is 28.4. The van der Waals surface area contributed by atoms with Gasteiger partial charge in [0.15, 0.2) is 0 Å². The lowest BCUT2D eigenvalue weighted by atomic mass is 10.0. The highest BCUT2D eigenvalue weighted by Gasteiger charge is 2.22. The number of nitrogens with two attached hydrogens (primary N) is 1. The monoisotopic (exact) mass is 374 g/mol. The molecule has 1 saturated heterocycles. The molecule has 146 valence electrons. The van der Waals surface area contributed by atoms with Crippen molar-refractivity contribution in [3.05, 3.63) is 23.5 Å². The maximum Gasteiger partial charge on any atom is 0.290 e. The number of carbonyl (C=O) groups is 1. The van der Waals surface area contributed by atoms with Crippen molar-refractivity contribution >= 4 is 17.7 Å². The van der Waals surface area contributed by atoms with E-state index >= 15 is 0 Å². The second-order valence-electron chi connectivity index (χ2n) is 6.78. The molecule has 3 N–H and O–H groups in total. The van der Waals surface area contributed by atoms with Crippen molar-refractivity contribution in [2.75, 3.05) is 37.0 Å².